The first kappa shape index (κ1) is 32.0. The third-order valence-electron chi connectivity index (χ3n) is 5.58. The average Bonchev–Trinajstić information content (AvgIpc) is 2.95. The summed E-state index contributed by atoms with van der Waals surface area (Å²) in [4.78, 5) is 50.9. The summed E-state index contributed by atoms with van der Waals surface area (Å²) in [5.41, 5.74) is 1.57. The maximum Gasteiger partial charge on any atom is 0.325 e. The lowest BCUT2D eigenvalue weighted by atomic mass is 10.2. The third kappa shape index (κ3) is 9.53. The number of esters is 4. The molecule has 0 aliphatic heterocycles. The Morgan fingerprint density at radius 1 is 0.650 bits per heavy atom. The number of para-hydroxylation sites is 2. The first-order chi connectivity index (χ1) is 19.1. The fourth-order valence-electron chi connectivity index (χ4n) is 3.49. The number of aryl methyl sites for hydroxylation is 1. The van der Waals surface area contributed by atoms with Gasteiger partial charge in [-0.1, -0.05) is 23.7 Å². The Bertz CT molecular complexity index is 1150. The maximum absolute atomic E-state index is 12.0. The van der Waals surface area contributed by atoms with Crippen LogP contribution in [0.1, 0.15) is 5.56 Å². The molecule has 0 aromatic heterocycles. The molecule has 0 saturated heterocycles. The molecule has 40 heavy (non-hydrogen) atoms. The zero-order valence-corrected chi connectivity index (χ0v) is 23.8. The standard InChI is InChI=1S/C27H33ClN2O10/c1-18-12-23(21(13-19(18)28)30(16-26(33)37-4)17-27(34)38-5)40-11-10-39-22-9-7-6-8-20(22)29(14-24(31)35-2)15-25(32)36-3/h6-9,12-13H,10-11,14-17H2,1-5H3. The van der Waals surface area contributed by atoms with E-state index in [0.717, 1.165) is 0 Å². The number of methoxy groups -OCH3 is 4. The summed E-state index contributed by atoms with van der Waals surface area (Å²) < 4.78 is 30.9. The molecule has 0 aliphatic carbocycles. The second-order valence-corrected chi connectivity index (χ2v) is 8.66. The summed E-state index contributed by atoms with van der Waals surface area (Å²) in [6, 6.07) is 10.1. The van der Waals surface area contributed by atoms with Gasteiger partial charge >= 0.3 is 23.9 Å². The van der Waals surface area contributed by atoms with E-state index in [-0.39, 0.29) is 39.4 Å². The van der Waals surface area contributed by atoms with Gasteiger partial charge < -0.3 is 38.2 Å². The third-order valence-corrected chi connectivity index (χ3v) is 5.98. The summed E-state index contributed by atoms with van der Waals surface area (Å²) in [6.45, 7) is 1.01. The van der Waals surface area contributed by atoms with E-state index in [1.807, 2.05) is 0 Å². The second kappa shape index (κ2) is 16.0. The Kier molecular flexibility index (Phi) is 12.8. The molecule has 2 aromatic carbocycles. The number of halogens is 1. The van der Waals surface area contributed by atoms with Crippen molar-refractivity contribution in [2.24, 2.45) is 0 Å². The molecule has 0 bridgehead atoms. The van der Waals surface area contributed by atoms with Crippen LogP contribution in [-0.4, -0.2) is 91.7 Å². The van der Waals surface area contributed by atoms with Crippen molar-refractivity contribution < 1.29 is 47.6 Å². The van der Waals surface area contributed by atoms with E-state index < -0.39 is 23.9 Å². The number of carbonyl (C=O) groups excluding carboxylic acids is 4. The fourth-order valence-corrected chi connectivity index (χ4v) is 3.64. The second-order valence-electron chi connectivity index (χ2n) is 8.25. The monoisotopic (exact) mass is 580 g/mol. The minimum absolute atomic E-state index is 0.0562. The normalized spacial score (nSPS) is 10.2. The molecule has 0 atom stereocenters. The van der Waals surface area contributed by atoms with E-state index in [1.54, 1.807) is 43.3 Å². The molecule has 2 rings (SSSR count). The number of nitrogens with zero attached hydrogens (tertiary/aromatic N) is 2. The molecule has 2 aromatic rings. The van der Waals surface area contributed by atoms with Crippen LogP contribution in [0.3, 0.4) is 0 Å². The number of benzene rings is 2. The van der Waals surface area contributed by atoms with E-state index >= 15 is 0 Å². The van der Waals surface area contributed by atoms with Gasteiger partial charge in [0, 0.05) is 5.02 Å². The van der Waals surface area contributed by atoms with Gasteiger partial charge in [-0.05, 0) is 36.8 Å². The Hall–Kier alpha value is -4.19. The van der Waals surface area contributed by atoms with Crippen molar-refractivity contribution in [3.63, 3.8) is 0 Å². The molecule has 0 spiro atoms. The number of anilines is 2. The summed E-state index contributed by atoms with van der Waals surface area (Å²) in [5.74, 6) is -1.49. The summed E-state index contributed by atoms with van der Waals surface area (Å²) in [6.07, 6.45) is 0. The predicted octanol–water partition coefficient (Wildman–Crippen LogP) is 2.41. The van der Waals surface area contributed by atoms with Gasteiger partial charge in [-0.3, -0.25) is 19.2 Å². The topological polar surface area (TPSA) is 130 Å². The van der Waals surface area contributed by atoms with Gasteiger partial charge in [0.15, 0.2) is 0 Å². The Morgan fingerprint density at radius 3 is 1.55 bits per heavy atom. The van der Waals surface area contributed by atoms with Crippen LogP contribution in [0.2, 0.25) is 5.02 Å². The highest BCUT2D eigenvalue weighted by atomic mass is 35.5. The number of hydrogen-bond acceptors (Lipinski definition) is 12. The van der Waals surface area contributed by atoms with Crippen molar-refractivity contribution in [3.8, 4) is 11.5 Å². The lowest BCUT2D eigenvalue weighted by molar-refractivity contribution is -0.141. The molecule has 13 heteroatoms. The maximum atomic E-state index is 12.0. The average molecular weight is 581 g/mol. The van der Waals surface area contributed by atoms with Crippen molar-refractivity contribution in [1.82, 2.24) is 0 Å². The smallest absolute Gasteiger partial charge is 0.325 e. The minimum Gasteiger partial charge on any atom is -0.488 e. The van der Waals surface area contributed by atoms with Crippen LogP contribution in [0, 0.1) is 6.92 Å². The van der Waals surface area contributed by atoms with Crippen molar-refractivity contribution in [1.29, 1.82) is 0 Å². The number of ether oxygens (including phenoxy) is 6. The van der Waals surface area contributed by atoms with Crippen molar-refractivity contribution in [2.75, 3.05) is 77.6 Å². The van der Waals surface area contributed by atoms with E-state index in [9.17, 15) is 19.2 Å². The molecule has 0 saturated carbocycles. The number of rotatable bonds is 15. The molecule has 12 nitrogen and oxygen atoms in total. The molecule has 0 heterocycles. The molecule has 0 aliphatic rings. The van der Waals surface area contributed by atoms with Crippen LogP contribution in [-0.2, 0) is 38.1 Å². The van der Waals surface area contributed by atoms with Gasteiger partial charge in [-0.15, -0.1) is 0 Å². The fraction of sp³-hybridized carbons (Fsp3) is 0.407. The Balaban J connectivity index is 2.23. The van der Waals surface area contributed by atoms with Crippen molar-refractivity contribution in [2.45, 2.75) is 6.92 Å². The van der Waals surface area contributed by atoms with Crippen LogP contribution < -0.4 is 19.3 Å². The van der Waals surface area contributed by atoms with E-state index in [0.29, 0.717) is 33.5 Å². The highest BCUT2D eigenvalue weighted by molar-refractivity contribution is 6.31. The zero-order chi connectivity index (χ0) is 29.7. The SMILES string of the molecule is COC(=O)CN(CC(=O)OC)c1ccccc1OCCOc1cc(C)c(Cl)cc1N(CC(=O)OC)CC(=O)OC. The number of hydrogen-bond donors (Lipinski definition) is 0. The highest BCUT2D eigenvalue weighted by Crippen LogP contribution is 2.34. The quantitative estimate of drug-likeness (QED) is 0.174. The Morgan fingerprint density at radius 2 is 1.07 bits per heavy atom. The lowest BCUT2D eigenvalue weighted by Gasteiger charge is -2.26. The molecule has 0 fully saturated rings. The molecule has 0 radical (unpaired) electrons. The van der Waals surface area contributed by atoms with Crippen LogP contribution in [0.4, 0.5) is 11.4 Å². The molecule has 0 amide bonds. The van der Waals surface area contributed by atoms with Gasteiger partial charge in [0.1, 0.15) is 50.9 Å². The summed E-state index contributed by atoms with van der Waals surface area (Å²) in [7, 11) is 4.99. The van der Waals surface area contributed by atoms with Crippen molar-refractivity contribution >= 4 is 46.9 Å². The predicted molar refractivity (Wildman–Crippen MR) is 146 cm³/mol. The minimum atomic E-state index is -0.574. The van der Waals surface area contributed by atoms with Gasteiger partial charge in [-0.25, -0.2) is 0 Å². The highest BCUT2D eigenvalue weighted by Gasteiger charge is 2.22. The first-order valence-corrected chi connectivity index (χ1v) is 12.4. The first-order valence-electron chi connectivity index (χ1n) is 12.0. The van der Waals surface area contributed by atoms with E-state index in [1.165, 1.54) is 38.2 Å². The van der Waals surface area contributed by atoms with Gasteiger partial charge in [0.25, 0.3) is 0 Å². The zero-order valence-electron chi connectivity index (χ0n) is 23.1. The summed E-state index contributed by atoms with van der Waals surface area (Å²) in [5, 5.41) is 0.406. The van der Waals surface area contributed by atoms with Crippen LogP contribution in [0.15, 0.2) is 36.4 Å². The van der Waals surface area contributed by atoms with Crippen LogP contribution in [0.25, 0.3) is 0 Å². The van der Waals surface area contributed by atoms with E-state index in [2.05, 4.69) is 0 Å². The van der Waals surface area contributed by atoms with Gasteiger partial charge in [-0.2, -0.15) is 0 Å². The van der Waals surface area contributed by atoms with Crippen LogP contribution >= 0.6 is 11.6 Å². The molecular weight excluding hydrogens is 548 g/mol. The molecule has 0 N–H and O–H groups in total. The Labute approximate surface area is 237 Å². The van der Waals surface area contributed by atoms with Gasteiger partial charge in [0.05, 0.1) is 39.8 Å². The summed E-state index contributed by atoms with van der Waals surface area (Å²) >= 11 is 6.34. The largest absolute Gasteiger partial charge is 0.488 e. The molecular formula is C27H33ClN2O10. The van der Waals surface area contributed by atoms with Gasteiger partial charge in [0.2, 0.25) is 0 Å². The lowest BCUT2D eigenvalue weighted by Crippen LogP contribution is -2.36. The molecule has 0 unspecified atom stereocenters. The van der Waals surface area contributed by atoms with Crippen LogP contribution in [0.5, 0.6) is 11.5 Å². The number of carbonyl (C=O) groups is 4. The van der Waals surface area contributed by atoms with Crippen molar-refractivity contribution in [3.05, 3.63) is 47.0 Å². The van der Waals surface area contributed by atoms with E-state index in [4.69, 9.17) is 40.0 Å². The molecule has 218 valence electrons.